The van der Waals surface area contributed by atoms with Gasteiger partial charge < -0.3 is 15.9 Å². The highest BCUT2D eigenvalue weighted by molar-refractivity contribution is 8.93. The molecule has 3 rings (SSSR count). The first kappa shape index (κ1) is 16.8. The van der Waals surface area contributed by atoms with Crippen LogP contribution in [0.1, 0.15) is 41.6 Å². The van der Waals surface area contributed by atoms with Crippen molar-refractivity contribution in [2.45, 2.75) is 31.3 Å². The van der Waals surface area contributed by atoms with Crippen LogP contribution in [0.3, 0.4) is 0 Å². The summed E-state index contributed by atoms with van der Waals surface area (Å²) in [6, 6.07) is 1.89. The number of benzene rings is 1. The summed E-state index contributed by atoms with van der Waals surface area (Å²) in [5.41, 5.74) is 9.16. The fraction of sp³-hybridized carbons (Fsp3) is 0.538. The summed E-state index contributed by atoms with van der Waals surface area (Å²) < 4.78 is 0. The van der Waals surface area contributed by atoms with Crippen LogP contribution in [0.2, 0.25) is 0 Å². The Balaban J connectivity index is 0.000000902. The van der Waals surface area contributed by atoms with Crippen molar-refractivity contribution in [3.05, 3.63) is 22.8 Å². The SMILES string of the molecule is Br.Br.CN1CCc2cc(O)c(O)c3c2C1CCC3N. The van der Waals surface area contributed by atoms with Crippen molar-refractivity contribution in [3.8, 4) is 11.5 Å². The summed E-state index contributed by atoms with van der Waals surface area (Å²) in [6.45, 7) is 0.997. The van der Waals surface area contributed by atoms with Gasteiger partial charge in [0.1, 0.15) is 0 Å². The van der Waals surface area contributed by atoms with Crippen LogP contribution in [0.25, 0.3) is 0 Å². The Morgan fingerprint density at radius 3 is 2.58 bits per heavy atom. The highest BCUT2D eigenvalue weighted by atomic mass is 79.9. The average molecular weight is 396 g/mol. The predicted molar refractivity (Wildman–Crippen MR) is 85.7 cm³/mol. The first-order valence-corrected chi connectivity index (χ1v) is 6.13. The molecule has 2 unspecified atom stereocenters. The predicted octanol–water partition coefficient (Wildman–Crippen LogP) is 2.58. The lowest BCUT2D eigenvalue weighted by atomic mass is 9.78. The van der Waals surface area contributed by atoms with E-state index in [1.807, 2.05) is 0 Å². The summed E-state index contributed by atoms with van der Waals surface area (Å²) in [7, 11) is 2.11. The maximum Gasteiger partial charge on any atom is 0.162 e. The van der Waals surface area contributed by atoms with Crippen LogP contribution < -0.4 is 5.73 Å². The quantitative estimate of drug-likeness (QED) is 0.590. The topological polar surface area (TPSA) is 69.7 Å². The number of aromatic hydroxyl groups is 2. The largest absolute Gasteiger partial charge is 0.504 e. The normalized spacial score (nSPS) is 24.9. The van der Waals surface area contributed by atoms with Crippen molar-refractivity contribution in [2.75, 3.05) is 13.6 Å². The van der Waals surface area contributed by atoms with Crippen LogP contribution in [0.15, 0.2) is 6.07 Å². The zero-order valence-corrected chi connectivity index (χ0v) is 14.2. The number of nitrogens with two attached hydrogens (primary N) is 1. The number of nitrogens with zero attached hydrogens (tertiary/aromatic N) is 1. The van der Waals surface area contributed by atoms with Gasteiger partial charge in [-0.1, -0.05) is 0 Å². The average Bonchev–Trinajstić information content (AvgIpc) is 2.30. The van der Waals surface area contributed by atoms with E-state index in [2.05, 4.69) is 11.9 Å². The fourth-order valence-corrected chi connectivity index (χ4v) is 3.24. The molecule has 1 aliphatic heterocycles. The maximum atomic E-state index is 10.0. The van der Waals surface area contributed by atoms with Gasteiger partial charge in [-0.25, -0.2) is 0 Å². The summed E-state index contributed by atoms with van der Waals surface area (Å²) in [5.74, 6) is -0.0457. The molecule has 0 fully saturated rings. The lowest BCUT2D eigenvalue weighted by molar-refractivity contribution is 0.198. The van der Waals surface area contributed by atoms with E-state index in [9.17, 15) is 10.2 Å². The molecule has 0 saturated carbocycles. The van der Waals surface area contributed by atoms with E-state index < -0.39 is 0 Å². The molecular weight excluding hydrogens is 376 g/mol. The Hall–Kier alpha value is -0.300. The Bertz CT molecular complexity index is 482. The molecular formula is C13H20Br2N2O2. The molecule has 0 aromatic heterocycles. The van der Waals surface area contributed by atoms with E-state index >= 15 is 0 Å². The van der Waals surface area contributed by atoms with Crippen LogP contribution in [0.4, 0.5) is 0 Å². The lowest BCUT2D eigenvalue weighted by Gasteiger charge is -2.41. The molecule has 1 aromatic carbocycles. The van der Waals surface area contributed by atoms with E-state index in [0.29, 0.717) is 6.04 Å². The number of phenols is 2. The van der Waals surface area contributed by atoms with Crippen molar-refractivity contribution in [3.63, 3.8) is 0 Å². The van der Waals surface area contributed by atoms with Crippen molar-refractivity contribution in [1.29, 1.82) is 0 Å². The minimum absolute atomic E-state index is 0. The summed E-state index contributed by atoms with van der Waals surface area (Å²) >= 11 is 0. The maximum absolute atomic E-state index is 10.0. The highest BCUT2D eigenvalue weighted by Gasteiger charge is 2.35. The molecule has 0 radical (unpaired) electrons. The lowest BCUT2D eigenvalue weighted by Crippen LogP contribution is -2.36. The van der Waals surface area contributed by atoms with Gasteiger partial charge in [-0.15, -0.1) is 34.0 Å². The van der Waals surface area contributed by atoms with E-state index in [0.717, 1.165) is 42.5 Å². The van der Waals surface area contributed by atoms with Crippen molar-refractivity contribution in [2.24, 2.45) is 5.73 Å². The van der Waals surface area contributed by atoms with Gasteiger partial charge in [0.2, 0.25) is 0 Å². The van der Waals surface area contributed by atoms with Gasteiger partial charge in [-0.2, -0.15) is 0 Å². The number of rotatable bonds is 0. The second kappa shape index (κ2) is 5.99. The molecule has 4 N–H and O–H groups in total. The number of hydrogen-bond acceptors (Lipinski definition) is 4. The minimum atomic E-state index is -0.154. The van der Waals surface area contributed by atoms with Gasteiger partial charge in [0.25, 0.3) is 0 Å². The van der Waals surface area contributed by atoms with Gasteiger partial charge in [0, 0.05) is 24.2 Å². The third-order valence-electron chi connectivity index (χ3n) is 4.17. The minimum Gasteiger partial charge on any atom is -0.504 e. The number of phenolic OH excluding ortho intramolecular Hbond substituents is 2. The van der Waals surface area contributed by atoms with E-state index in [4.69, 9.17) is 5.73 Å². The Morgan fingerprint density at radius 2 is 1.89 bits per heavy atom. The molecule has 108 valence electrons. The number of hydrogen-bond donors (Lipinski definition) is 3. The Labute approximate surface area is 134 Å². The van der Waals surface area contributed by atoms with Gasteiger partial charge in [0.05, 0.1) is 0 Å². The van der Waals surface area contributed by atoms with Crippen molar-refractivity contribution >= 4 is 34.0 Å². The third kappa shape index (κ3) is 2.51. The molecule has 4 nitrogen and oxygen atoms in total. The molecule has 1 aromatic rings. The third-order valence-corrected chi connectivity index (χ3v) is 4.17. The molecule has 2 atom stereocenters. The van der Waals surface area contributed by atoms with Gasteiger partial charge in [0.15, 0.2) is 11.5 Å². The summed E-state index contributed by atoms with van der Waals surface area (Å²) in [4.78, 5) is 2.31. The first-order valence-electron chi connectivity index (χ1n) is 6.13. The van der Waals surface area contributed by atoms with E-state index in [1.54, 1.807) is 6.07 Å². The molecule has 6 heteroatoms. The van der Waals surface area contributed by atoms with Gasteiger partial charge in [-0.05, 0) is 43.5 Å². The highest BCUT2D eigenvalue weighted by Crippen LogP contribution is 2.48. The van der Waals surface area contributed by atoms with Crippen LogP contribution in [-0.4, -0.2) is 28.7 Å². The molecule has 1 heterocycles. The Kier molecular flexibility index (Phi) is 5.28. The fourth-order valence-electron chi connectivity index (χ4n) is 3.24. The van der Waals surface area contributed by atoms with Crippen LogP contribution >= 0.6 is 34.0 Å². The van der Waals surface area contributed by atoms with E-state index in [1.165, 1.54) is 0 Å². The van der Waals surface area contributed by atoms with Gasteiger partial charge in [-0.3, -0.25) is 4.90 Å². The summed E-state index contributed by atoms with van der Waals surface area (Å²) in [6.07, 6.45) is 2.80. The van der Waals surface area contributed by atoms with Gasteiger partial charge >= 0.3 is 0 Å². The van der Waals surface area contributed by atoms with Crippen LogP contribution in [0.5, 0.6) is 11.5 Å². The molecule has 2 aliphatic rings. The zero-order chi connectivity index (χ0) is 12.2. The molecule has 0 amide bonds. The smallest absolute Gasteiger partial charge is 0.162 e. The van der Waals surface area contributed by atoms with Crippen molar-refractivity contribution in [1.82, 2.24) is 4.90 Å². The molecule has 1 aliphatic carbocycles. The Morgan fingerprint density at radius 1 is 1.21 bits per heavy atom. The number of likely N-dealkylation sites (N-methyl/N-ethyl adjacent to an activating group) is 1. The van der Waals surface area contributed by atoms with Crippen molar-refractivity contribution < 1.29 is 10.2 Å². The molecule has 0 saturated heterocycles. The molecule has 0 spiro atoms. The molecule has 0 bridgehead atoms. The van der Waals surface area contributed by atoms with Crippen LogP contribution in [0, 0.1) is 0 Å². The van der Waals surface area contributed by atoms with E-state index in [-0.39, 0.29) is 51.5 Å². The summed E-state index contributed by atoms with van der Waals surface area (Å²) in [5, 5.41) is 19.8. The monoisotopic (exact) mass is 394 g/mol. The first-order chi connectivity index (χ1) is 8.09. The van der Waals surface area contributed by atoms with Crippen LogP contribution in [-0.2, 0) is 6.42 Å². The zero-order valence-electron chi connectivity index (χ0n) is 10.8. The number of halogens is 2. The molecule has 19 heavy (non-hydrogen) atoms. The standard InChI is InChI=1S/C13H18N2O2.2BrH/c1-15-5-4-7-6-10(16)13(17)12-8(14)2-3-9(15)11(7)12;;/h6,8-9,16-17H,2-5,14H2,1H3;2*1H. The second-order valence-corrected chi connectivity index (χ2v) is 5.16. The second-order valence-electron chi connectivity index (χ2n) is 5.16.